The number of halogens is 2. The predicted molar refractivity (Wildman–Crippen MR) is 219 cm³/mol. The van der Waals surface area contributed by atoms with E-state index in [4.69, 9.17) is 37.4 Å². The molecule has 3 aromatic rings. The van der Waals surface area contributed by atoms with Gasteiger partial charge in [0, 0.05) is 68.5 Å². The SMILES string of the molecule is CC1(Cl)C(c2ccccc2)=CC=CC1(COc1cc(OCc2cncc(S(C)(=O)=O)c2)c(CN2CCCC[C@H]2C(=O)O)cc1Cl)OCCCN1C[C@H](O)C[C@H]1C(=O)O. The van der Waals surface area contributed by atoms with Crippen LogP contribution in [-0.2, 0) is 37.3 Å². The largest absolute Gasteiger partial charge is 0.488 e. The summed E-state index contributed by atoms with van der Waals surface area (Å²) in [6, 6.07) is 13.0. The monoisotopic (exact) mass is 857 g/mol. The molecule has 0 amide bonds. The maximum Gasteiger partial charge on any atom is 0.321 e. The smallest absolute Gasteiger partial charge is 0.321 e. The van der Waals surface area contributed by atoms with Gasteiger partial charge >= 0.3 is 11.9 Å². The van der Waals surface area contributed by atoms with Gasteiger partial charge in [-0.25, -0.2) is 8.42 Å². The van der Waals surface area contributed by atoms with Crippen molar-refractivity contribution in [2.24, 2.45) is 0 Å². The Bertz CT molecular complexity index is 2130. The van der Waals surface area contributed by atoms with E-state index in [-0.39, 0.29) is 55.0 Å². The van der Waals surface area contributed by atoms with Gasteiger partial charge in [0.1, 0.15) is 47.3 Å². The van der Waals surface area contributed by atoms with Crippen molar-refractivity contribution in [3.63, 3.8) is 0 Å². The number of allylic oxidation sites excluding steroid dienone is 2. The second-order valence-corrected chi connectivity index (χ2v) is 18.4. The first-order valence-corrected chi connectivity index (χ1v) is 21.8. The number of pyridine rings is 1. The normalized spacial score (nSPS) is 25.3. The van der Waals surface area contributed by atoms with Crippen molar-refractivity contribution in [3.8, 4) is 11.5 Å². The van der Waals surface area contributed by atoms with E-state index < -0.39 is 50.4 Å². The Hall–Kier alpha value is -4.02. The third-order valence-electron chi connectivity index (χ3n) is 11.1. The molecule has 2 aliphatic heterocycles. The standard InChI is InChI=1S/C42H49Cl2N3O10S/c1-41(44)33(29-10-4-3-5-11-29)12-8-14-42(41,57-17-9-16-47-25-31(48)20-36(47)40(51)52)27-56-38-21-37(55-26-28-18-32(23-45-22-28)58(2,53)54)30(19-34(38)43)24-46-15-7-6-13-35(46)39(49)50/h3-5,8,10-12,14,18-19,21-23,31,35-36,48H,6-7,9,13,15-17,20,24-27H2,1-2H3,(H,49,50)(H,51,52)/t31-,35+,36+,41?,42?/m1/s1. The van der Waals surface area contributed by atoms with Gasteiger partial charge in [0.25, 0.3) is 0 Å². The summed E-state index contributed by atoms with van der Waals surface area (Å²) in [5.41, 5.74) is 1.53. The van der Waals surface area contributed by atoms with E-state index in [2.05, 4.69) is 4.98 Å². The van der Waals surface area contributed by atoms with Gasteiger partial charge in [-0.15, -0.1) is 11.6 Å². The van der Waals surface area contributed by atoms with Crippen LogP contribution in [0.15, 0.2) is 84.0 Å². The number of hydrogen-bond donors (Lipinski definition) is 3. The van der Waals surface area contributed by atoms with Crippen molar-refractivity contribution in [1.29, 1.82) is 0 Å². The molecule has 0 saturated carbocycles. The molecule has 0 spiro atoms. The number of nitrogens with zero attached hydrogens (tertiary/aromatic N) is 3. The fraction of sp³-hybridized carbons (Fsp3) is 0.452. The van der Waals surface area contributed by atoms with Crippen molar-refractivity contribution < 1.29 is 47.5 Å². The number of carbonyl (C=O) groups is 2. The highest BCUT2D eigenvalue weighted by molar-refractivity contribution is 7.90. The minimum absolute atomic E-state index is 0.0465. The van der Waals surface area contributed by atoms with Gasteiger partial charge < -0.3 is 29.5 Å². The highest BCUT2D eigenvalue weighted by atomic mass is 35.5. The average molecular weight is 859 g/mol. The molecule has 3 N–H and O–H groups in total. The van der Waals surface area contributed by atoms with Crippen LogP contribution in [-0.4, -0.2) is 118 Å². The van der Waals surface area contributed by atoms with E-state index in [1.54, 1.807) is 17.0 Å². The lowest BCUT2D eigenvalue weighted by Gasteiger charge is -2.45. The summed E-state index contributed by atoms with van der Waals surface area (Å²) >= 11 is 14.5. The van der Waals surface area contributed by atoms with Crippen LogP contribution in [0.5, 0.6) is 11.5 Å². The van der Waals surface area contributed by atoms with E-state index in [0.717, 1.165) is 30.2 Å². The number of hydrogen-bond acceptors (Lipinski definition) is 11. The highest BCUT2D eigenvalue weighted by Gasteiger charge is 2.51. The molecule has 6 rings (SSSR count). The van der Waals surface area contributed by atoms with Crippen LogP contribution in [0.3, 0.4) is 0 Å². The molecule has 13 nitrogen and oxygen atoms in total. The topological polar surface area (TPSA) is 176 Å². The van der Waals surface area contributed by atoms with E-state index >= 15 is 0 Å². The van der Waals surface area contributed by atoms with Gasteiger partial charge in [-0.3, -0.25) is 24.4 Å². The van der Waals surface area contributed by atoms with Gasteiger partial charge in [0.2, 0.25) is 0 Å². The zero-order chi connectivity index (χ0) is 41.7. The number of aliphatic hydroxyl groups is 1. The second kappa shape index (κ2) is 18.5. The van der Waals surface area contributed by atoms with Crippen LogP contribution in [0.25, 0.3) is 5.57 Å². The lowest BCUT2D eigenvalue weighted by atomic mass is 9.76. The van der Waals surface area contributed by atoms with E-state index in [1.807, 2.05) is 60.4 Å². The second-order valence-electron chi connectivity index (χ2n) is 15.2. The van der Waals surface area contributed by atoms with Crippen LogP contribution in [0, 0.1) is 0 Å². The van der Waals surface area contributed by atoms with Gasteiger partial charge in [-0.05, 0) is 62.1 Å². The van der Waals surface area contributed by atoms with Crippen LogP contribution >= 0.6 is 23.2 Å². The molecule has 312 valence electrons. The van der Waals surface area contributed by atoms with E-state index in [1.165, 1.54) is 18.5 Å². The van der Waals surface area contributed by atoms with Crippen molar-refractivity contribution >= 4 is 50.6 Å². The van der Waals surface area contributed by atoms with Crippen molar-refractivity contribution in [1.82, 2.24) is 14.8 Å². The molecule has 3 aliphatic rings. The Morgan fingerprint density at radius 3 is 2.48 bits per heavy atom. The Morgan fingerprint density at radius 2 is 1.76 bits per heavy atom. The molecule has 2 unspecified atom stereocenters. The number of likely N-dealkylation sites (tertiary alicyclic amines) is 2. The Labute approximate surface area is 348 Å². The quantitative estimate of drug-likeness (QED) is 0.109. The molecular formula is C42H49Cl2N3O10S. The minimum atomic E-state index is -3.52. The zero-order valence-electron chi connectivity index (χ0n) is 32.4. The molecule has 2 saturated heterocycles. The van der Waals surface area contributed by atoms with Gasteiger partial charge in [0.05, 0.1) is 16.0 Å². The molecule has 3 heterocycles. The molecule has 1 aromatic heterocycles. The van der Waals surface area contributed by atoms with Crippen LogP contribution < -0.4 is 9.47 Å². The number of alkyl halides is 1. The molecule has 2 fully saturated rings. The number of carboxylic acid groups (broad SMARTS) is 2. The number of sulfone groups is 1. The molecule has 0 radical (unpaired) electrons. The Balaban J connectivity index is 1.29. The fourth-order valence-electron chi connectivity index (χ4n) is 7.85. The summed E-state index contributed by atoms with van der Waals surface area (Å²) in [7, 11) is -3.52. The first kappa shape index (κ1) is 43.6. The van der Waals surface area contributed by atoms with Crippen molar-refractivity contribution in [2.75, 3.05) is 39.1 Å². The summed E-state index contributed by atoms with van der Waals surface area (Å²) in [6.45, 7) is 3.31. The number of benzene rings is 2. The lowest BCUT2D eigenvalue weighted by molar-refractivity contribution is -0.145. The van der Waals surface area contributed by atoms with Crippen molar-refractivity contribution in [3.05, 3.63) is 101 Å². The van der Waals surface area contributed by atoms with Crippen LogP contribution in [0.1, 0.15) is 55.7 Å². The highest BCUT2D eigenvalue weighted by Crippen LogP contribution is 2.48. The number of rotatable bonds is 17. The summed E-state index contributed by atoms with van der Waals surface area (Å²) in [5, 5.41) is 30.1. The fourth-order valence-corrected chi connectivity index (χ4v) is 9.06. The van der Waals surface area contributed by atoms with Gasteiger partial charge in [0.15, 0.2) is 9.84 Å². The predicted octanol–water partition coefficient (Wildman–Crippen LogP) is 5.85. The zero-order valence-corrected chi connectivity index (χ0v) is 34.8. The summed E-state index contributed by atoms with van der Waals surface area (Å²) in [6.07, 6.45) is 11.6. The molecule has 0 bridgehead atoms. The Kier molecular flexibility index (Phi) is 13.9. The number of β-amino-alcohol motifs (C(OH)–C–C–N with tert-alkyl or cyclic N) is 1. The first-order chi connectivity index (χ1) is 27.6. The summed E-state index contributed by atoms with van der Waals surface area (Å²) in [4.78, 5) is 30.6. The molecule has 5 atom stereocenters. The summed E-state index contributed by atoms with van der Waals surface area (Å²) in [5.74, 6) is -1.29. The number of carboxylic acids is 2. The molecule has 16 heteroatoms. The first-order valence-electron chi connectivity index (χ1n) is 19.2. The van der Waals surface area contributed by atoms with Gasteiger partial charge in [-0.1, -0.05) is 60.5 Å². The maximum atomic E-state index is 12.2. The molecular weight excluding hydrogens is 809 g/mol. The lowest BCUT2D eigenvalue weighted by Crippen LogP contribution is -2.55. The Morgan fingerprint density at radius 1 is 1.00 bits per heavy atom. The van der Waals surface area contributed by atoms with Crippen molar-refractivity contribution in [2.45, 2.75) is 85.7 Å². The third-order valence-corrected chi connectivity index (χ3v) is 12.9. The minimum Gasteiger partial charge on any atom is -0.488 e. The number of aromatic nitrogens is 1. The molecule has 58 heavy (non-hydrogen) atoms. The number of aliphatic carboxylic acids is 2. The molecule has 1 aliphatic carbocycles. The average Bonchev–Trinajstić information content (AvgIpc) is 3.57. The van der Waals surface area contributed by atoms with E-state index in [9.17, 15) is 33.3 Å². The number of ether oxygens (including phenoxy) is 3. The molecule has 2 aromatic carbocycles. The third kappa shape index (κ3) is 10.0. The van der Waals surface area contributed by atoms with Crippen LogP contribution in [0.4, 0.5) is 0 Å². The van der Waals surface area contributed by atoms with E-state index in [0.29, 0.717) is 42.8 Å². The summed E-state index contributed by atoms with van der Waals surface area (Å²) < 4.78 is 44.0. The maximum absolute atomic E-state index is 12.2. The van der Waals surface area contributed by atoms with Gasteiger partial charge in [-0.2, -0.15) is 0 Å². The van der Waals surface area contributed by atoms with Crippen LogP contribution in [0.2, 0.25) is 5.02 Å². The number of piperidine rings is 1. The number of aliphatic hydroxyl groups excluding tert-OH is 1.